The van der Waals surface area contributed by atoms with Crippen molar-refractivity contribution in [2.24, 2.45) is 0 Å². The molecule has 20 heavy (non-hydrogen) atoms. The van der Waals surface area contributed by atoms with Crippen LogP contribution in [0.3, 0.4) is 0 Å². The van der Waals surface area contributed by atoms with Gasteiger partial charge in [-0.2, -0.15) is 0 Å². The Balaban J connectivity index is 2.01. The number of nitrogen functional groups attached to an aromatic ring is 1. The van der Waals surface area contributed by atoms with Gasteiger partial charge in [-0.3, -0.25) is 4.79 Å². The second-order valence-electron chi connectivity index (χ2n) is 4.53. The number of methoxy groups -OCH3 is 1. The molecule has 1 aliphatic heterocycles. The number of amides is 1. The number of aromatic nitrogens is 2. The molecule has 2 rings (SSSR count). The first-order valence-electron chi connectivity index (χ1n) is 6.29. The van der Waals surface area contributed by atoms with Gasteiger partial charge in [0.2, 0.25) is 5.91 Å². The Morgan fingerprint density at radius 1 is 1.70 bits per heavy atom. The van der Waals surface area contributed by atoms with E-state index < -0.39 is 0 Å². The lowest BCUT2D eigenvalue weighted by Gasteiger charge is -2.23. The van der Waals surface area contributed by atoms with Gasteiger partial charge in [0.25, 0.3) is 0 Å². The molecule has 1 aromatic rings. The Morgan fingerprint density at radius 3 is 3.15 bits per heavy atom. The van der Waals surface area contributed by atoms with Crippen LogP contribution in [0.15, 0.2) is 25.2 Å². The molecule has 1 amide bonds. The van der Waals surface area contributed by atoms with E-state index in [9.17, 15) is 4.79 Å². The van der Waals surface area contributed by atoms with Gasteiger partial charge in [0.05, 0.1) is 18.3 Å². The van der Waals surface area contributed by atoms with Gasteiger partial charge in [-0.25, -0.2) is 9.97 Å². The molecule has 2 N–H and O–H groups in total. The third-order valence-corrected chi connectivity index (χ3v) is 3.31. The summed E-state index contributed by atoms with van der Waals surface area (Å²) in [5, 5.41) is 0. The topological polar surface area (TPSA) is 90.6 Å². The number of carbonyl (C=O) groups excluding carboxylic acids is 1. The minimum Gasteiger partial charge on any atom is -0.486 e. The standard InChI is InChI=1S/C13H18N4O3/c1-3-12(18)17-6-10(19-2)4-9(17)7-20-11-5-15-8-16-13(11)14/h3,5,8-10H,1,4,6-7H2,2H3,(H2,14,15,16)/t9-,10+/m0/s1. The highest BCUT2D eigenvalue weighted by Crippen LogP contribution is 2.23. The average molecular weight is 278 g/mol. The second kappa shape index (κ2) is 6.33. The fourth-order valence-corrected chi connectivity index (χ4v) is 2.21. The molecule has 7 nitrogen and oxygen atoms in total. The molecule has 108 valence electrons. The number of ether oxygens (including phenoxy) is 2. The Hall–Kier alpha value is -2.15. The molecule has 0 spiro atoms. The Labute approximate surface area is 117 Å². The van der Waals surface area contributed by atoms with E-state index in [1.165, 1.54) is 18.6 Å². The highest BCUT2D eigenvalue weighted by atomic mass is 16.5. The zero-order valence-electron chi connectivity index (χ0n) is 11.4. The van der Waals surface area contributed by atoms with Crippen LogP contribution < -0.4 is 10.5 Å². The normalized spacial score (nSPS) is 21.8. The van der Waals surface area contributed by atoms with Crippen molar-refractivity contribution in [2.75, 3.05) is 26.0 Å². The predicted molar refractivity (Wildman–Crippen MR) is 73.1 cm³/mol. The number of carbonyl (C=O) groups is 1. The van der Waals surface area contributed by atoms with Gasteiger partial charge in [-0.1, -0.05) is 6.58 Å². The van der Waals surface area contributed by atoms with Crippen molar-refractivity contribution in [3.63, 3.8) is 0 Å². The van der Waals surface area contributed by atoms with Gasteiger partial charge >= 0.3 is 0 Å². The van der Waals surface area contributed by atoms with Crippen molar-refractivity contribution < 1.29 is 14.3 Å². The molecule has 1 aromatic heterocycles. The smallest absolute Gasteiger partial charge is 0.246 e. The number of hydrogen-bond acceptors (Lipinski definition) is 6. The predicted octanol–water partition coefficient (Wildman–Crippen LogP) is 0.239. The molecule has 1 saturated heterocycles. The molecular formula is C13H18N4O3. The number of nitrogens with two attached hydrogens (primary N) is 1. The van der Waals surface area contributed by atoms with Crippen LogP contribution in [-0.2, 0) is 9.53 Å². The van der Waals surface area contributed by atoms with Crippen LogP contribution in [0, 0.1) is 0 Å². The SMILES string of the molecule is C=CC(=O)N1C[C@H](OC)C[C@H]1COc1cncnc1N. The average Bonchev–Trinajstić information content (AvgIpc) is 2.89. The summed E-state index contributed by atoms with van der Waals surface area (Å²) in [7, 11) is 1.63. The number of hydrogen-bond donors (Lipinski definition) is 1. The minimum absolute atomic E-state index is 0.0110. The molecule has 0 aromatic carbocycles. The molecule has 1 fully saturated rings. The van der Waals surface area contributed by atoms with E-state index in [-0.39, 0.29) is 23.9 Å². The van der Waals surface area contributed by atoms with Gasteiger partial charge < -0.3 is 20.1 Å². The highest BCUT2D eigenvalue weighted by molar-refractivity contribution is 5.87. The molecule has 0 radical (unpaired) electrons. The second-order valence-corrected chi connectivity index (χ2v) is 4.53. The molecule has 2 atom stereocenters. The summed E-state index contributed by atoms with van der Waals surface area (Å²) in [5.41, 5.74) is 5.68. The maximum atomic E-state index is 11.8. The first kappa shape index (κ1) is 14.3. The lowest BCUT2D eigenvalue weighted by atomic mass is 10.2. The zero-order valence-corrected chi connectivity index (χ0v) is 11.4. The van der Waals surface area contributed by atoms with Crippen LogP contribution in [0.5, 0.6) is 5.75 Å². The van der Waals surface area contributed by atoms with Crippen molar-refractivity contribution in [1.82, 2.24) is 14.9 Å². The van der Waals surface area contributed by atoms with Crippen LogP contribution in [0.2, 0.25) is 0 Å². The first-order valence-corrected chi connectivity index (χ1v) is 6.29. The first-order chi connectivity index (χ1) is 9.65. The van der Waals surface area contributed by atoms with E-state index >= 15 is 0 Å². The maximum absolute atomic E-state index is 11.8. The Kier molecular flexibility index (Phi) is 4.52. The summed E-state index contributed by atoms with van der Waals surface area (Å²) in [6.07, 6.45) is 4.88. The van der Waals surface area contributed by atoms with E-state index in [1.54, 1.807) is 12.0 Å². The Morgan fingerprint density at radius 2 is 2.50 bits per heavy atom. The van der Waals surface area contributed by atoms with E-state index in [0.717, 1.165) is 0 Å². The van der Waals surface area contributed by atoms with Crippen LogP contribution in [-0.4, -0.2) is 53.2 Å². The fourth-order valence-electron chi connectivity index (χ4n) is 2.21. The molecule has 0 saturated carbocycles. The van der Waals surface area contributed by atoms with Crippen LogP contribution in [0.4, 0.5) is 5.82 Å². The zero-order chi connectivity index (χ0) is 14.5. The van der Waals surface area contributed by atoms with Crippen molar-refractivity contribution in [1.29, 1.82) is 0 Å². The minimum atomic E-state index is -0.129. The highest BCUT2D eigenvalue weighted by Gasteiger charge is 2.34. The summed E-state index contributed by atoms with van der Waals surface area (Å²) in [6, 6.07) is -0.0787. The van der Waals surface area contributed by atoms with Crippen molar-refractivity contribution >= 4 is 11.7 Å². The monoisotopic (exact) mass is 278 g/mol. The number of rotatable bonds is 5. The number of anilines is 1. The molecular weight excluding hydrogens is 260 g/mol. The summed E-state index contributed by atoms with van der Waals surface area (Å²) < 4.78 is 10.9. The molecule has 0 bridgehead atoms. The molecule has 0 aliphatic carbocycles. The van der Waals surface area contributed by atoms with E-state index in [0.29, 0.717) is 25.3 Å². The van der Waals surface area contributed by atoms with Gasteiger partial charge in [0, 0.05) is 13.7 Å². The summed E-state index contributed by atoms with van der Waals surface area (Å²) in [4.78, 5) is 21.2. The lowest BCUT2D eigenvalue weighted by molar-refractivity contribution is -0.127. The third-order valence-electron chi connectivity index (χ3n) is 3.31. The largest absolute Gasteiger partial charge is 0.486 e. The van der Waals surface area contributed by atoms with Gasteiger partial charge in [0.1, 0.15) is 12.9 Å². The fraction of sp³-hybridized carbons (Fsp3) is 0.462. The van der Waals surface area contributed by atoms with E-state index in [2.05, 4.69) is 16.5 Å². The van der Waals surface area contributed by atoms with Crippen LogP contribution >= 0.6 is 0 Å². The van der Waals surface area contributed by atoms with Crippen molar-refractivity contribution in [2.45, 2.75) is 18.6 Å². The quantitative estimate of drug-likeness (QED) is 0.776. The van der Waals surface area contributed by atoms with Gasteiger partial charge in [-0.15, -0.1) is 0 Å². The third kappa shape index (κ3) is 3.05. The summed E-state index contributed by atoms with van der Waals surface area (Å²) >= 11 is 0. The Bertz CT molecular complexity index is 494. The molecule has 1 aliphatic rings. The maximum Gasteiger partial charge on any atom is 0.246 e. The molecule has 7 heteroatoms. The van der Waals surface area contributed by atoms with Crippen LogP contribution in [0.1, 0.15) is 6.42 Å². The molecule has 2 heterocycles. The van der Waals surface area contributed by atoms with E-state index in [4.69, 9.17) is 15.2 Å². The number of nitrogens with zero attached hydrogens (tertiary/aromatic N) is 3. The lowest BCUT2D eigenvalue weighted by Crippen LogP contribution is -2.38. The summed E-state index contributed by atoms with van der Waals surface area (Å²) in [5.74, 6) is 0.567. The van der Waals surface area contributed by atoms with Gasteiger partial charge in [-0.05, 0) is 12.5 Å². The van der Waals surface area contributed by atoms with Crippen LogP contribution in [0.25, 0.3) is 0 Å². The summed E-state index contributed by atoms with van der Waals surface area (Å²) in [6.45, 7) is 4.36. The van der Waals surface area contributed by atoms with Crippen molar-refractivity contribution in [3.8, 4) is 5.75 Å². The van der Waals surface area contributed by atoms with Crippen molar-refractivity contribution in [3.05, 3.63) is 25.2 Å². The number of likely N-dealkylation sites (tertiary alicyclic amines) is 1. The van der Waals surface area contributed by atoms with E-state index in [1.807, 2.05) is 0 Å². The molecule has 0 unspecified atom stereocenters. The van der Waals surface area contributed by atoms with Gasteiger partial charge in [0.15, 0.2) is 11.6 Å².